The van der Waals surface area contributed by atoms with Crippen molar-refractivity contribution in [3.05, 3.63) is 97.1 Å². The molecule has 0 aliphatic heterocycles. The zero-order valence-electron chi connectivity index (χ0n) is 58.2. The molecule has 0 heterocycles. The van der Waals surface area contributed by atoms with Crippen molar-refractivity contribution in [2.24, 2.45) is 5.92 Å². The molecule has 1 nitrogen and oxygen atoms in total. The van der Waals surface area contributed by atoms with Crippen LogP contribution in [0.15, 0.2) is 97.1 Å². The lowest BCUT2D eigenvalue weighted by Crippen LogP contribution is -2.49. The van der Waals surface area contributed by atoms with Crippen molar-refractivity contribution in [3.63, 3.8) is 0 Å². The van der Waals surface area contributed by atoms with Gasteiger partial charge in [0.25, 0.3) is 0 Å². The first-order chi connectivity index (χ1) is 40.8. The smallest absolute Gasteiger partial charge is 0.0867 e. The number of hydrogen-bond acceptors (Lipinski definition) is 1. The fourth-order valence-electron chi connectivity index (χ4n) is 14.7. The third-order valence-electron chi connectivity index (χ3n) is 20.7. The molecular formula is C77H135NP2Si4. The molecule has 4 aromatic carbocycles. The molecule has 0 amide bonds. The van der Waals surface area contributed by atoms with Gasteiger partial charge < -0.3 is 0 Å². The molecule has 0 aromatic heterocycles. The molecule has 1 atom stereocenters. The van der Waals surface area contributed by atoms with E-state index in [2.05, 4.69) is 205 Å². The van der Waals surface area contributed by atoms with Crippen LogP contribution in [0.3, 0.4) is 0 Å². The van der Waals surface area contributed by atoms with Gasteiger partial charge in [0.2, 0.25) is 0 Å². The van der Waals surface area contributed by atoms with Gasteiger partial charge in [-0.3, -0.25) is 0 Å². The minimum absolute atomic E-state index is 0.361. The zero-order chi connectivity index (χ0) is 61.3. The summed E-state index contributed by atoms with van der Waals surface area (Å²) in [7, 11) is -8.72. The van der Waals surface area contributed by atoms with E-state index in [1.807, 2.05) is 0 Å². The minimum atomic E-state index is -1.71. The first-order valence-corrected chi connectivity index (χ1v) is 49.7. The molecule has 0 saturated heterocycles. The molecule has 0 aliphatic rings. The fourth-order valence-corrected chi connectivity index (χ4v) is 43.5. The van der Waals surface area contributed by atoms with Crippen molar-refractivity contribution in [1.29, 1.82) is 0 Å². The van der Waals surface area contributed by atoms with Crippen LogP contribution >= 0.6 is 16.1 Å². The molecule has 0 radical (unpaired) electrons. The maximum atomic E-state index is 3.22. The molecule has 0 saturated carbocycles. The number of unbranched alkanes of at least 4 members (excludes halogenated alkanes) is 12. The van der Waals surface area contributed by atoms with Crippen molar-refractivity contribution in [1.82, 2.24) is 4.44 Å². The van der Waals surface area contributed by atoms with Gasteiger partial charge in [0.15, 0.2) is 0 Å². The lowest BCUT2D eigenvalue weighted by Gasteiger charge is -2.45. The van der Waals surface area contributed by atoms with E-state index in [1.54, 1.807) is 42.0 Å². The molecule has 0 aliphatic carbocycles. The van der Waals surface area contributed by atoms with Crippen LogP contribution in [-0.2, 0) is 0 Å². The van der Waals surface area contributed by atoms with Gasteiger partial charge in [0.05, 0.1) is 32.3 Å². The Morgan fingerprint density at radius 1 is 0.250 bits per heavy atom. The lowest BCUT2D eigenvalue weighted by atomic mass is 10.1. The number of rotatable bonds is 48. The Morgan fingerprint density at radius 3 is 0.512 bits per heavy atom. The first kappa shape index (κ1) is 75.0. The lowest BCUT2D eigenvalue weighted by molar-refractivity contribution is 0.407. The predicted octanol–water partition coefficient (Wildman–Crippen LogP) is 22.7. The molecule has 0 N–H and O–H groups in total. The van der Waals surface area contributed by atoms with Crippen LogP contribution in [0.25, 0.3) is 0 Å². The van der Waals surface area contributed by atoms with Crippen molar-refractivity contribution in [2.45, 2.75) is 337 Å². The largest absolute Gasteiger partial charge is 0.242 e. The van der Waals surface area contributed by atoms with E-state index in [0.717, 1.165) is 0 Å². The monoisotopic (exact) mass is 1250 g/mol. The van der Waals surface area contributed by atoms with Crippen LogP contribution in [0.5, 0.6) is 0 Å². The van der Waals surface area contributed by atoms with Crippen molar-refractivity contribution >= 4 is 90.4 Å². The summed E-state index contributed by atoms with van der Waals surface area (Å²) in [6.07, 6.45) is 32.2. The van der Waals surface area contributed by atoms with E-state index < -0.39 is 48.4 Å². The van der Waals surface area contributed by atoms with Gasteiger partial charge in [-0.15, -0.1) is 0 Å². The molecular weight excluding hydrogens is 1110 g/mol. The molecule has 474 valence electrons. The Labute approximate surface area is 530 Å². The molecule has 7 heteroatoms. The highest BCUT2D eigenvalue weighted by molar-refractivity contribution is 7.84. The highest BCUT2D eigenvalue weighted by atomic mass is 31.2. The topological polar surface area (TPSA) is 3.24 Å². The first-order valence-electron chi connectivity index (χ1n) is 36.6. The summed E-state index contributed by atoms with van der Waals surface area (Å²) in [5.74, 6) is 0.487. The third-order valence-corrected chi connectivity index (χ3v) is 48.5. The Kier molecular flexibility index (Phi) is 36.7. The van der Waals surface area contributed by atoms with Gasteiger partial charge in [-0.2, -0.15) is 0 Å². The van der Waals surface area contributed by atoms with Crippen LogP contribution in [0.2, 0.25) is 72.5 Å². The highest BCUT2D eigenvalue weighted by Gasteiger charge is 2.41. The summed E-state index contributed by atoms with van der Waals surface area (Å²) >= 11 is 0. The van der Waals surface area contributed by atoms with Gasteiger partial charge in [-0.05, 0) is 34.1 Å². The Balaban J connectivity index is 2.22. The highest BCUT2D eigenvalue weighted by Crippen LogP contribution is 2.57. The third kappa shape index (κ3) is 21.3. The average molecular weight is 1250 g/mol. The van der Waals surface area contributed by atoms with Crippen LogP contribution < -0.4 is 42.0 Å². The zero-order valence-corrected chi connectivity index (χ0v) is 64.0. The Morgan fingerprint density at radius 2 is 0.393 bits per heavy atom. The molecule has 4 rings (SSSR count). The van der Waals surface area contributed by atoms with Crippen molar-refractivity contribution in [3.8, 4) is 0 Å². The molecule has 0 fully saturated rings. The summed E-state index contributed by atoms with van der Waals surface area (Å²) in [4.78, 5) is 0. The molecule has 0 spiro atoms. The van der Waals surface area contributed by atoms with Crippen molar-refractivity contribution < 1.29 is 0 Å². The summed E-state index contributed by atoms with van der Waals surface area (Å²) in [6.45, 7) is 36.9. The quantitative estimate of drug-likeness (QED) is 0.0315. The van der Waals surface area contributed by atoms with E-state index in [1.165, 1.54) is 227 Å². The Hall–Kier alpha value is -1.43. The van der Waals surface area contributed by atoms with Crippen LogP contribution in [-0.4, -0.2) is 42.8 Å². The normalized spacial score (nSPS) is 13.1. The van der Waals surface area contributed by atoms with Crippen LogP contribution in [0.1, 0.15) is 258 Å². The van der Waals surface area contributed by atoms with Crippen LogP contribution in [0.4, 0.5) is 0 Å². The second-order valence-electron chi connectivity index (χ2n) is 27.5. The molecule has 0 bridgehead atoms. The summed E-state index contributed by atoms with van der Waals surface area (Å²) in [5, 5.41) is 13.3. The van der Waals surface area contributed by atoms with E-state index in [0.29, 0.717) is 12.0 Å². The SMILES string of the molecule is CCCC[Si](CCCC)(CCCC)c1ccc(P(c2ccc([Si](CCCC)(CCCC)CCCC)cc2)N(C(C)C(C)C)P(c2ccc([Si](CCCC)(CCCC)CCCC)cc2)c2ccc([Si](CCCC)(CCCC)CCCC)cc2)cc1. The maximum Gasteiger partial charge on any atom is 0.0867 e. The number of hydrogen-bond donors (Lipinski definition) is 0. The fraction of sp³-hybridized carbons (Fsp3) is 0.688. The van der Waals surface area contributed by atoms with Gasteiger partial charge in [-0.25, -0.2) is 4.44 Å². The molecule has 84 heavy (non-hydrogen) atoms. The summed E-state index contributed by atoms with van der Waals surface area (Å²) in [6, 6.07) is 61.6. The maximum absolute atomic E-state index is 3.22. The predicted molar refractivity (Wildman–Crippen MR) is 402 cm³/mol. The van der Waals surface area contributed by atoms with Crippen LogP contribution in [0, 0.1) is 5.92 Å². The van der Waals surface area contributed by atoms with E-state index in [4.69, 9.17) is 0 Å². The van der Waals surface area contributed by atoms with Gasteiger partial charge in [0.1, 0.15) is 0 Å². The number of nitrogens with zero attached hydrogens (tertiary/aromatic N) is 1. The molecule has 4 aromatic rings. The van der Waals surface area contributed by atoms with Gasteiger partial charge >= 0.3 is 0 Å². The van der Waals surface area contributed by atoms with Crippen molar-refractivity contribution in [2.75, 3.05) is 0 Å². The second-order valence-corrected chi connectivity index (χ2v) is 50.5. The Bertz CT molecular complexity index is 1890. The van der Waals surface area contributed by atoms with E-state index >= 15 is 0 Å². The summed E-state index contributed by atoms with van der Waals surface area (Å²) in [5.41, 5.74) is 0. The molecule has 1 unspecified atom stereocenters. The van der Waals surface area contributed by atoms with E-state index in [9.17, 15) is 0 Å². The number of benzene rings is 4. The average Bonchev–Trinajstić information content (AvgIpc) is 2.62. The summed E-state index contributed by atoms with van der Waals surface area (Å²) < 4.78 is 3.22. The second kappa shape index (κ2) is 41.1. The van der Waals surface area contributed by atoms with E-state index in [-0.39, 0.29) is 0 Å². The minimum Gasteiger partial charge on any atom is -0.242 e. The van der Waals surface area contributed by atoms with Gasteiger partial charge in [-0.1, -0.05) is 441 Å². The standard InChI is InChI=1S/C77H135NP2Si4/c1-16-28-56-81(57-29-17-2,58-30-18-3)74-48-40-70(41-49-74)79(71-42-50-75(51-43-71)82(59-31-19-4,60-32-20-5)61-33-21-6)78(69(15)68(13)14)80(72-44-52-76(53-45-72)83(62-34-22-7,63-35-23-8)64-36-24-9)73-46-54-77(55-47-73)84(65-37-25-10,66-38-26-11)67-39-27-12/h40-55,68-69H,16-39,56-67H2,1-15H3. The van der Waals surface area contributed by atoms with Gasteiger partial charge in [0, 0.05) is 22.2 Å².